The summed E-state index contributed by atoms with van der Waals surface area (Å²) in [5.41, 5.74) is 0.903. The van der Waals surface area contributed by atoms with Crippen molar-refractivity contribution in [3.63, 3.8) is 0 Å². The number of thiazole rings is 1. The molecule has 1 aromatic heterocycles. The number of hydrogen-bond donors (Lipinski definition) is 1. The number of nitro benzene ring substituents is 1. The number of halogens is 1. The summed E-state index contributed by atoms with van der Waals surface area (Å²) in [7, 11) is 0. The molecule has 1 N–H and O–H groups in total. The molecule has 7 heteroatoms. The number of benzene rings is 1. The first kappa shape index (κ1) is 14.0. The third-order valence-electron chi connectivity index (χ3n) is 2.52. The Morgan fingerprint density at radius 1 is 1.53 bits per heavy atom. The first-order valence-electron chi connectivity index (χ1n) is 5.71. The Balaban J connectivity index is 2.03. The number of nitrogens with one attached hydrogen (secondary N) is 1. The molecule has 2 rings (SSSR count). The maximum Gasteiger partial charge on any atom is 0.283 e. The third-order valence-corrected chi connectivity index (χ3v) is 4.29. The molecule has 0 atom stereocenters. The average molecular weight is 342 g/mol. The van der Waals surface area contributed by atoms with Crippen molar-refractivity contribution in [1.82, 2.24) is 4.98 Å². The number of anilines is 1. The highest BCUT2D eigenvalue weighted by molar-refractivity contribution is 9.10. The smallest absolute Gasteiger partial charge is 0.283 e. The molecule has 0 fully saturated rings. The molecule has 0 bridgehead atoms. The summed E-state index contributed by atoms with van der Waals surface area (Å²) in [5, 5.41) is 15.0. The summed E-state index contributed by atoms with van der Waals surface area (Å²) < 4.78 is 0.473. The molecule has 0 saturated heterocycles. The Morgan fingerprint density at radius 2 is 2.32 bits per heavy atom. The third kappa shape index (κ3) is 3.51. The van der Waals surface area contributed by atoms with Crippen LogP contribution in [0.25, 0.3) is 0 Å². The summed E-state index contributed by atoms with van der Waals surface area (Å²) in [6.45, 7) is 2.74. The molecule has 0 saturated carbocycles. The maximum absolute atomic E-state index is 10.7. The van der Waals surface area contributed by atoms with Crippen LogP contribution in [0.2, 0.25) is 0 Å². The zero-order valence-corrected chi connectivity index (χ0v) is 12.6. The van der Waals surface area contributed by atoms with E-state index in [-0.39, 0.29) is 5.69 Å². The highest BCUT2D eigenvalue weighted by Gasteiger charge is 2.11. The summed E-state index contributed by atoms with van der Waals surface area (Å²) in [4.78, 5) is 15.7. The number of aromatic nitrogens is 1. The quantitative estimate of drug-likeness (QED) is 0.659. The van der Waals surface area contributed by atoms with E-state index in [2.05, 4.69) is 33.2 Å². The number of hydrogen-bond acceptors (Lipinski definition) is 5. The van der Waals surface area contributed by atoms with Crippen molar-refractivity contribution >= 4 is 38.6 Å². The molecular formula is C12H12BrN3O2S. The molecule has 2 aromatic rings. The Morgan fingerprint density at radius 3 is 2.89 bits per heavy atom. The van der Waals surface area contributed by atoms with Crippen molar-refractivity contribution < 1.29 is 4.92 Å². The molecule has 0 aliphatic carbocycles. The van der Waals surface area contributed by atoms with Gasteiger partial charge < -0.3 is 5.32 Å². The Bertz CT molecular complexity index is 600. The lowest BCUT2D eigenvalue weighted by atomic mass is 10.3. The summed E-state index contributed by atoms with van der Waals surface area (Å²) in [5.74, 6) is 0. The molecule has 0 radical (unpaired) electrons. The molecule has 19 heavy (non-hydrogen) atoms. The number of rotatable bonds is 5. The van der Waals surface area contributed by atoms with Crippen molar-refractivity contribution in [1.29, 1.82) is 0 Å². The van der Waals surface area contributed by atoms with Crippen LogP contribution in [0.15, 0.2) is 28.9 Å². The van der Waals surface area contributed by atoms with Crippen LogP contribution >= 0.6 is 27.3 Å². The van der Waals surface area contributed by atoms with Gasteiger partial charge in [-0.1, -0.05) is 6.92 Å². The predicted octanol–water partition coefficient (Wildman–Crippen LogP) is 3.99. The van der Waals surface area contributed by atoms with Crippen molar-refractivity contribution in [3.05, 3.63) is 48.9 Å². The topological polar surface area (TPSA) is 68.1 Å². The van der Waals surface area contributed by atoms with E-state index in [0.29, 0.717) is 11.0 Å². The highest BCUT2D eigenvalue weighted by Crippen LogP contribution is 2.28. The number of nitro groups is 1. The van der Waals surface area contributed by atoms with Gasteiger partial charge in [0.15, 0.2) is 0 Å². The fraction of sp³-hybridized carbons (Fsp3) is 0.250. The van der Waals surface area contributed by atoms with Crippen LogP contribution in [0.3, 0.4) is 0 Å². The van der Waals surface area contributed by atoms with Gasteiger partial charge in [0.25, 0.3) is 5.69 Å². The van der Waals surface area contributed by atoms with E-state index >= 15 is 0 Å². The van der Waals surface area contributed by atoms with Gasteiger partial charge in [0.2, 0.25) is 0 Å². The molecule has 5 nitrogen and oxygen atoms in total. The summed E-state index contributed by atoms with van der Waals surface area (Å²) in [6, 6.07) is 4.89. The normalized spacial score (nSPS) is 10.4. The molecule has 0 spiro atoms. The lowest BCUT2D eigenvalue weighted by Crippen LogP contribution is -1.98. The summed E-state index contributed by atoms with van der Waals surface area (Å²) >= 11 is 4.87. The first-order valence-corrected chi connectivity index (χ1v) is 7.32. The zero-order chi connectivity index (χ0) is 13.8. The van der Waals surface area contributed by atoms with Gasteiger partial charge in [0, 0.05) is 22.8 Å². The van der Waals surface area contributed by atoms with Crippen molar-refractivity contribution in [3.8, 4) is 0 Å². The van der Waals surface area contributed by atoms with E-state index in [9.17, 15) is 10.1 Å². The van der Waals surface area contributed by atoms with E-state index in [0.717, 1.165) is 22.0 Å². The maximum atomic E-state index is 10.7. The van der Waals surface area contributed by atoms with Gasteiger partial charge in [-0.05, 0) is 34.5 Å². The van der Waals surface area contributed by atoms with E-state index in [1.807, 2.05) is 6.20 Å². The van der Waals surface area contributed by atoms with Gasteiger partial charge in [-0.3, -0.25) is 10.1 Å². The lowest BCUT2D eigenvalue weighted by molar-refractivity contribution is -0.385. The number of nitrogens with zero attached hydrogens (tertiary/aromatic N) is 2. The van der Waals surface area contributed by atoms with Gasteiger partial charge in [-0.25, -0.2) is 4.98 Å². The average Bonchev–Trinajstić information content (AvgIpc) is 2.84. The molecule has 0 amide bonds. The van der Waals surface area contributed by atoms with Gasteiger partial charge in [0.05, 0.1) is 20.9 Å². The van der Waals surface area contributed by atoms with Crippen LogP contribution in [-0.4, -0.2) is 9.91 Å². The molecular weight excluding hydrogens is 330 g/mol. The first-order chi connectivity index (χ1) is 9.10. The van der Waals surface area contributed by atoms with Gasteiger partial charge in [-0.2, -0.15) is 0 Å². The van der Waals surface area contributed by atoms with Crippen molar-refractivity contribution in [2.75, 3.05) is 5.32 Å². The lowest BCUT2D eigenvalue weighted by Gasteiger charge is -2.05. The van der Waals surface area contributed by atoms with Crippen LogP contribution in [0, 0.1) is 10.1 Å². The van der Waals surface area contributed by atoms with Crippen molar-refractivity contribution in [2.24, 2.45) is 0 Å². The molecule has 0 unspecified atom stereocenters. The zero-order valence-electron chi connectivity index (χ0n) is 10.2. The number of aryl methyl sites for hydroxylation is 1. The molecule has 0 aliphatic rings. The second-order valence-electron chi connectivity index (χ2n) is 3.85. The minimum atomic E-state index is -0.412. The summed E-state index contributed by atoms with van der Waals surface area (Å²) in [6.07, 6.45) is 2.80. The van der Waals surface area contributed by atoms with Crippen LogP contribution in [0.4, 0.5) is 11.4 Å². The second kappa shape index (κ2) is 6.12. The molecule has 100 valence electrons. The van der Waals surface area contributed by atoms with E-state index in [4.69, 9.17) is 0 Å². The standard InChI is InChI=1S/C12H12BrN3O2S/c1-2-12-15-7-9(19-12)6-14-8-3-4-11(16(17)18)10(13)5-8/h3-5,7,14H,2,6H2,1H3. The van der Waals surface area contributed by atoms with Gasteiger partial charge >= 0.3 is 0 Å². The van der Waals surface area contributed by atoms with Crippen LogP contribution in [-0.2, 0) is 13.0 Å². The monoisotopic (exact) mass is 341 g/mol. The highest BCUT2D eigenvalue weighted by atomic mass is 79.9. The van der Waals surface area contributed by atoms with Crippen LogP contribution in [0.1, 0.15) is 16.8 Å². The Kier molecular flexibility index (Phi) is 4.49. The fourth-order valence-corrected chi connectivity index (χ4v) is 2.87. The molecule has 0 aliphatic heterocycles. The minimum absolute atomic E-state index is 0.0663. The molecule has 1 aromatic carbocycles. The van der Waals surface area contributed by atoms with E-state index in [1.54, 1.807) is 23.5 Å². The van der Waals surface area contributed by atoms with E-state index < -0.39 is 4.92 Å². The van der Waals surface area contributed by atoms with Crippen LogP contribution in [0.5, 0.6) is 0 Å². The Labute approximate surface area is 123 Å². The predicted molar refractivity (Wildman–Crippen MR) is 79.6 cm³/mol. The second-order valence-corrected chi connectivity index (χ2v) is 5.90. The van der Waals surface area contributed by atoms with Crippen molar-refractivity contribution in [2.45, 2.75) is 19.9 Å². The Hall–Kier alpha value is -1.47. The molecule has 1 heterocycles. The van der Waals surface area contributed by atoms with Crippen LogP contribution < -0.4 is 5.32 Å². The minimum Gasteiger partial charge on any atom is -0.380 e. The van der Waals surface area contributed by atoms with Gasteiger partial charge in [0.1, 0.15) is 0 Å². The van der Waals surface area contributed by atoms with E-state index in [1.165, 1.54) is 6.07 Å². The fourth-order valence-electron chi connectivity index (χ4n) is 1.55. The SMILES string of the molecule is CCc1ncc(CNc2ccc([N+](=O)[O-])c(Br)c2)s1. The largest absolute Gasteiger partial charge is 0.380 e. The van der Waals surface area contributed by atoms with Gasteiger partial charge in [-0.15, -0.1) is 11.3 Å².